The van der Waals surface area contributed by atoms with E-state index in [0.717, 1.165) is 8.61 Å². The number of hydrazine groups is 2. The first-order chi connectivity index (χ1) is 7.33. The highest BCUT2D eigenvalue weighted by atomic mass is 32.2. The van der Waals surface area contributed by atoms with Crippen LogP contribution in [0.3, 0.4) is 0 Å². The molecule has 0 aromatic rings. The van der Waals surface area contributed by atoms with Crippen LogP contribution in [0, 0.1) is 0 Å². The van der Waals surface area contributed by atoms with Crippen LogP contribution in [0.4, 0.5) is 0 Å². The van der Waals surface area contributed by atoms with Gasteiger partial charge in [-0.2, -0.15) is 25.4 Å². The molecule has 10 nitrogen and oxygen atoms in total. The Bertz CT molecular complexity index is 381. The summed E-state index contributed by atoms with van der Waals surface area (Å²) in [6.45, 7) is 0.0851. The van der Waals surface area contributed by atoms with Crippen molar-refractivity contribution in [3.8, 4) is 0 Å². The molecule has 1 aliphatic heterocycles. The van der Waals surface area contributed by atoms with E-state index in [4.69, 9.17) is 11.7 Å². The molecule has 1 aliphatic rings. The summed E-state index contributed by atoms with van der Waals surface area (Å²) in [6.07, 6.45) is 0. The Morgan fingerprint density at radius 3 is 1.19 bits per heavy atom. The quantitative estimate of drug-likeness (QED) is 0.303. The predicted octanol–water partition coefficient (Wildman–Crippen LogP) is -3.98. The van der Waals surface area contributed by atoms with Crippen molar-refractivity contribution in [1.82, 2.24) is 18.3 Å². The predicted molar refractivity (Wildman–Crippen MR) is 55.6 cm³/mol. The highest BCUT2D eigenvalue weighted by Gasteiger charge is 2.30. The zero-order valence-electron chi connectivity index (χ0n) is 8.33. The van der Waals surface area contributed by atoms with Gasteiger partial charge in [0.05, 0.1) is 0 Å². The average Bonchev–Trinajstić information content (AvgIpc) is 2.29. The Labute approximate surface area is 93.9 Å². The average molecular weight is 274 g/mol. The number of piperazine rings is 1. The Hall–Kier alpha value is -0.340. The number of nitrogens with one attached hydrogen (secondary N) is 2. The smallest absolute Gasteiger partial charge is 0.257 e. The van der Waals surface area contributed by atoms with Gasteiger partial charge >= 0.3 is 0 Å². The van der Waals surface area contributed by atoms with Crippen LogP contribution in [0.5, 0.6) is 0 Å². The molecule has 12 heteroatoms. The van der Waals surface area contributed by atoms with Gasteiger partial charge in [0.25, 0.3) is 20.4 Å². The molecule has 1 heterocycles. The van der Waals surface area contributed by atoms with Gasteiger partial charge in [0.15, 0.2) is 0 Å². The molecule has 0 aromatic carbocycles. The van der Waals surface area contributed by atoms with Crippen LogP contribution < -0.4 is 21.3 Å². The van der Waals surface area contributed by atoms with E-state index >= 15 is 0 Å². The maximum Gasteiger partial charge on any atom is 0.292 e. The van der Waals surface area contributed by atoms with Crippen molar-refractivity contribution in [3.63, 3.8) is 0 Å². The Balaban J connectivity index is 2.66. The van der Waals surface area contributed by atoms with Crippen molar-refractivity contribution in [2.75, 3.05) is 26.2 Å². The van der Waals surface area contributed by atoms with Gasteiger partial charge in [-0.3, -0.25) is 11.7 Å². The van der Waals surface area contributed by atoms with Crippen molar-refractivity contribution in [2.24, 2.45) is 11.7 Å². The molecule has 0 unspecified atom stereocenters. The molecule has 1 fully saturated rings. The number of nitrogens with two attached hydrogens (primary N) is 2. The third kappa shape index (κ3) is 2.86. The van der Waals surface area contributed by atoms with E-state index in [9.17, 15) is 16.8 Å². The summed E-state index contributed by atoms with van der Waals surface area (Å²) < 4.78 is 47.1. The lowest BCUT2D eigenvalue weighted by Crippen LogP contribution is -2.56. The van der Waals surface area contributed by atoms with E-state index < -0.39 is 20.4 Å². The molecule has 0 aliphatic carbocycles. The van der Waals surface area contributed by atoms with Crippen LogP contribution in [-0.4, -0.2) is 51.6 Å². The van der Waals surface area contributed by atoms with Gasteiger partial charge in [-0.05, 0) is 0 Å². The summed E-state index contributed by atoms with van der Waals surface area (Å²) in [5.74, 6) is 9.68. The second-order valence-corrected chi connectivity index (χ2v) is 6.45. The van der Waals surface area contributed by atoms with Gasteiger partial charge in [-0.25, -0.2) is 0 Å². The molecule has 0 spiro atoms. The zero-order valence-corrected chi connectivity index (χ0v) is 9.96. The van der Waals surface area contributed by atoms with Gasteiger partial charge in [0.1, 0.15) is 0 Å². The molecule has 0 amide bonds. The molecular formula is C4H14N6O4S2. The minimum Gasteiger partial charge on any atom is -0.257 e. The fourth-order valence-corrected chi connectivity index (χ4v) is 2.89. The third-order valence-corrected chi connectivity index (χ3v) is 4.86. The summed E-state index contributed by atoms with van der Waals surface area (Å²) in [4.78, 5) is 3.34. The van der Waals surface area contributed by atoms with Crippen molar-refractivity contribution >= 4 is 20.4 Å². The number of hydrogen-bond acceptors (Lipinski definition) is 6. The van der Waals surface area contributed by atoms with Gasteiger partial charge in [-0.1, -0.05) is 0 Å². The first-order valence-corrected chi connectivity index (χ1v) is 7.16. The molecule has 0 aromatic heterocycles. The molecule has 96 valence electrons. The molecule has 0 bridgehead atoms. The van der Waals surface area contributed by atoms with Crippen LogP contribution in [0.25, 0.3) is 0 Å². The van der Waals surface area contributed by atoms with Crippen LogP contribution >= 0.6 is 0 Å². The lowest BCUT2D eigenvalue weighted by atomic mass is 10.4. The van der Waals surface area contributed by atoms with E-state index in [1.54, 1.807) is 9.66 Å². The number of nitrogens with zero attached hydrogens (tertiary/aromatic N) is 2. The summed E-state index contributed by atoms with van der Waals surface area (Å²) >= 11 is 0. The Morgan fingerprint density at radius 1 is 0.750 bits per heavy atom. The Kier molecular flexibility index (Phi) is 4.19. The summed E-state index contributed by atoms with van der Waals surface area (Å²) in [5, 5.41) is 0. The summed E-state index contributed by atoms with van der Waals surface area (Å²) in [7, 11) is -7.42. The molecule has 1 rings (SSSR count). The SMILES string of the molecule is NNS(=O)(=O)N1CCN(S(=O)(=O)NN)CC1. The molecule has 0 saturated carbocycles. The fraction of sp³-hybridized carbons (Fsp3) is 1.00. The van der Waals surface area contributed by atoms with E-state index in [2.05, 4.69) is 0 Å². The summed E-state index contributed by atoms with van der Waals surface area (Å²) in [5.41, 5.74) is 0. The monoisotopic (exact) mass is 274 g/mol. The first-order valence-electron chi connectivity index (χ1n) is 4.28. The first kappa shape index (κ1) is 13.7. The Morgan fingerprint density at radius 2 is 1.00 bits per heavy atom. The van der Waals surface area contributed by atoms with Gasteiger partial charge in [0.2, 0.25) is 0 Å². The van der Waals surface area contributed by atoms with E-state index in [0.29, 0.717) is 0 Å². The second kappa shape index (κ2) is 4.89. The topological polar surface area (TPSA) is 151 Å². The van der Waals surface area contributed by atoms with Gasteiger partial charge < -0.3 is 0 Å². The molecule has 6 N–H and O–H groups in total. The lowest BCUT2D eigenvalue weighted by Gasteiger charge is -2.32. The summed E-state index contributed by atoms with van der Waals surface area (Å²) in [6, 6.07) is 0. The van der Waals surface area contributed by atoms with Crippen LogP contribution in [0.1, 0.15) is 0 Å². The maximum atomic E-state index is 11.3. The molecule has 16 heavy (non-hydrogen) atoms. The lowest BCUT2D eigenvalue weighted by molar-refractivity contribution is 0.268. The second-order valence-electron chi connectivity index (χ2n) is 3.04. The highest BCUT2D eigenvalue weighted by molar-refractivity contribution is 7.87. The highest BCUT2D eigenvalue weighted by Crippen LogP contribution is 2.07. The van der Waals surface area contributed by atoms with E-state index in [1.807, 2.05) is 0 Å². The van der Waals surface area contributed by atoms with Crippen LogP contribution in [0.2, 0.25) is 0 Å². The molecule has 0 radical (unpaired) electrons. The van der Waals surface area contributed by atoms with E-state index in [1.165, 1.54) is 0 Å². The zero-order chi connectivity index (χ0) is 12.4. The molecule has 0 atom stereocenters. The van der Waals surface area contributed by atoms with Crippen molar-refractivity contribution in [2.45, 2.75) is 0 Å². The standard InChI is InChI=1S/C4H14N6O4S2/c5-7-15(11,12)9-1-2-10(4-3-9)16(13,14)8-6/h7-8H,1-6H2. The fourth-order valence-electron chi connectivity index (χ4n) is 1.30. The van der Waals surface area contributed by atoms with E-state index in [-0.39, 0.29) is 26.2 Å². The normalized spacial score (nSPS) is 21.1. The van der Waals surface area contributed by atoms with Crippen molar-refractivity contribution < 1.29 is 16.8 Å². The largest absolute Gasteiger partial charge is 0.292 e. The minimum absolute atomic E-state index is 0.0213. The van der Waals surface area contributed by atoms with Crippen molar-refractivity contribution in [3.05, 3.63) is 0 Å². The molecule has 1 saturated heterocycles. The molecular weight excluding hydrogens is 260 g/mol. The third-order valence-electron chi connectivity index (χ3n) is 2.18. The number of hydrogen-bond donors (Lipinski definition) is 4. The van der Waals surface area contributed by atoms with Crippen LogP contribution in [-0.2, 0) is 20.4 Å². The number of rotatable bonds is 4. The van der Waals surface area contributed by atoms with Gasteiger partial charge in [0, 0.05) is 26.2 Å². The van der Waals surface area contributed by atoms with Gasteiger partial charge in [-0.15, -0.1) is 9.66 Å². The maximum absolute atomic E-state index is 11.3. The van der Waals surface area contributed by atoms with Crippen molar-refractivity contribution in [1.29, 1.82) is 0 Å². The minimum atomic E-state index is -3.71. The van der Waals surface area contributed by atoms with Crippen LogP contribution in [0.15, 0.2) is 0 Å².